The van der Waals surface area contributed by atoms with Crippen LogP contribution in [-0.2, 0) is 25.9 Å². The lowest BCUT2D eigenvalue weighted by atomic mass is 9.78. The van der Waals surface area contributed by atoms with E-state index in [-0.39, 0.29) is 45.5 Å². The predicted molar refractivity (Wildman–Crippen MR) is 180 cm³/mol. The number of nitrogens with zero attached hydrogens (tertiary/aromatic N) is 1. The molecule has 2 aliphatic rings. The molecule has 0 radical (unpaired) electrons. The highest BCUT2D eigenvalue weighted by Crippen LogP contribution is 2.43. The lowest BCUT2D eigenvalue weighted by molar-refractivity contribution is -0.133. The Balaban J connectivity index is 1.26. The summed E-state index contributed by atoms with van der Waals surface area (Å²) in [5, 5.41) is 2.15. The molecule has 3 aromatic carbocycles. The van der Waals surface area contributed by atoms with Gasteiger partial charge in [-0.05, 0) is 53.4 Å². The van der Waals surface area contributed by atoms with Gasteiger partial charge in [-0.1, -0.05) is 105 Å². The minimum absolute atomic E-state index is 0.0199. The zero-order valence-corrected chi connectivity index (χ0v) is 29.7. The van der Waals surface area contributed by atoms with Crippen LogP contribution in [-0.4, -0.2) is 45.7 Å². The van der Waals surface area contributed by atoms with Crippen LogP contribution in [0.15, 0.2) is 72.8 Å². The van der Waals surface area contributed by atoms with E-state index >= 15 is 0 Å². The fourth-order valence-electron chi connectivity index (χ4n) is 7.05. The van der Waals surface area contributed by atoms with Crippen molar-refractivity contribution < 1.29 is 35.0 Å². The van der Waals surface area contributed by atoms with Crippen LogP contribution in [0.5, 0.6) is 5.75 Å². The van der Waals surface area contributed by atoms with Gasteiger partial charge in [-0.15, -0.1) is 0 Å². The molecule has 0 aromatic heterocycles. The van der Waals surface area contributed by atoms with E-state index in [0.29, 0.717) is 18.5 Å². The second-order valence-electron chi connectivity index (χ2n) is 13.3. The van der Waals surface area contributed by atoms with Crippen molar-refractivity contribution in [3.63, 3.8) is 0 Å². The molecule has 2 fully saturated rings. The van der Waals surface area contributed by atoms with Gasteiger partial charge in [0.05, 0.1) is 10.0 Å². The fourth-order valence-corrected chi connectivity index (χ4v) is 12.8. The van der Waals surface area contributed by atoms with E-state index in [4.69, 9.17) is 27.6 Å². The summed E-state index contributed by atoms with van der Waals surface area (Å²) in [6, 6.07) is 23.0. The molecule has 1 heterocycles. The van der Waals surface area contributed by atoms with Gasteiger partial charge < -0.3 is 13.5 Å². The van der Waals surface area contributed by atoms with E-state index in [0.717, 1.165) is 37.8 Å². The first-order valence-electron chi connectivity index (χ1n) is 15.6. The third kappa shape index (κ3) is 7.39. The first-order chi connectivity index (χ1) is 22.0. The number of likely N-dealkylation sites (tertiary alicyclic amines) is 1. The van der Waals surface area contributed by atoms with Gasteiger partial charge in [-0.25, -0.2) is 0 Å². The highest BCUT2D eigenvalue weighted by molar-refractivity contribution is 7.88. The van der Waals surface area contributed by atoms with Gasteiger partial charge in [0.2, 0.25) is 5.91 Å². The molecule has 3 aromatic rings. The van der Waals surface area contributed by atoms with Crippen molar-refractivity contribution in [1.29, 1.82) is 0 Å². The van der Waals surface area contributed by atoms with Crippen LogP contribution in [0, 0.1) is 11.8 Å². The second-order valence-corrected chi connectivity index (χ2v) is 19.9. The topological polar surface area (TPSA) is 72.9 Å². The number of rotatable bonds is 9. The summed E-state index contributed by atoms with van der Waals surface area (Å²) in [5.74, 6) is -0.654. The summed E-state index contributed by atoms with van der Waals surface area (Å²) < 4.78 is 72.6. The maximum Gasteiger partial charge on any atom is 0.534 e. The largest absolute Gasteiger partial charge is 0.534 e. The van der Waals surface area contributed by atoms with Crippen LogP contribution >= 0.6 is 23.2 Å². The van der Waals surface area contributed by atoms with Crippen molar-refractivity contribution >= 4 is 57.9 Å². The van der Waals surface area contributed by atoms with Crippen molar-refractivity contribution in [3.05, 3.63) is 88.4 Å². The summed E-state index contributed by atoms with van der Waals surface area (Å²) >= 11 is 12.6. The Bertz CT molecular complexity index is 1620. The van der Waals surface area contributed by atoms with Crippen LogP contribution in [0.1, 0.15) is 58.4 Å². The highest BCUT2D eigenvalue weighted by Gasteiger charge is 2.52. The van der Waals surface area contributed by atoms with Crippen molar-refractivity contribution in [2.45, 2.75) is 76.1 Å². The van der Waals surface area contributed by atoms with E-state index in [1.807, 2.05) is 12.1 Å². The number of hydrogen-bond acceptors (Lipinski definition) is 5. The first kappa shape index (κ1) is 35.7. The quantitative estimate of drug-likeness (QED) is 0.128. The van der Waals surface area contributed by atoms with Crippen LogP contribution in [0.25, 0.3) is 0 Å². The lowest BCUT2D eigenvalue weighted by Gasteiger charge is -2.46. The zero-order chi connectivity index (χ0) is 34.2. The molecule has 1 aliphatic heterocycles. The number of amides is 1. The zero-order valence-electron chi connectivity index (χ0n) is 26.4. The van der Waals surface area contributed by atoms with Crippen LogP contribution < -0.4 is 14.6 Å². The molecule has 1 amide bonds. The van der Waals surface area contributed by atoms with E-state index in [9.17, 15) is 26.4 Å². The molecular weight excluding hydrogens is 690 g/mol. The first-order valence-corrected chi connectivity index (χ1v) is 19.7. The van der Waals surface area contributed by atoms with E-state index in [2.05, 4.69) is 73.5 Å². The number of alkyl halides is 3. The van der Waals surface area contributed by atoms with Gasteiger partial charge in [0.1, 0.15) is 5.75 Å². The summed E-state index contributed by atoms with van der Waals surface area (Å²) in [6.45, 7) is 7.32. The monoisotopic (exact) mass is 727 g/mol. The third-order valence-electron chi connectivity index (χ3n) is 9.34. The molecule has 0 spiro atoms. The van der Waals surface area contributed by atoms with E-state index in [1.165, 1.54) is 10.4 Å². The third-order valence-corrected chi connectivity index (χ3v) is 16.1. The van der Waals surface area contributed by atoms with Crippen molar-refractivity contribution in [3.8, 4) is 5.75 Å². The van der Waals surface area contributed by atoms with Gasteiger partial charge in [-0.2, -0.15) is 21.6 Å². The summed E-state index contributed by atoms with van der Waals surface area (Å²) in [6.07, 6.45) is 4.13. The summed E-state index contributed by atoms with van der Waals surface area (Å²) in [7, 11) is -8.58. The minimum Gasteiger partial charge on any atom is -0.404 e. The maximum absolute atomic E-state index is 13.6. The predicted octanol–water partition coefficient (Wildman–Crippen LogP) is 7.71. The lowest BCUT2D eigenvalue weighted by Crippen LogP contribution is -2.67. The number of carbonyl (C=O) groups is 1. The number of hydrogen-bond donors (Lipinski definition) is 0. The molecule has 13 heteroatoms. The molecule has 1 aliphatic carbocycles. The normalized spacial score (nSPS) is 21.2. The SMILES string of the molecule is CC(C)(C)[Si](OC1CCC(C2CCN(Cc3c(Cl)cc(OS(=O)(=O)C(F)(F)F)cc3Cl)C2=O)CC1)(c1ccccc1)c1ccccc1. The molecule has 0 N–H and O–H groups in total. The highest BCUT2D eigenvalue weighted by atomic mass is 35.5. The molecule has 1 saturated heterocycles. The molecule has 1 atom stereocenters. The summed E-state index contributed by atoms with van der Waals surface area (Å²) in [5.41, 5.74) is -5.30. The van der Waals surface area contributed by atoms with Crippen molar-refractivity contribution in [1.82, 2.24) is 4.90 Å². The van der Waals surface area contributed by atoms with Gasteiger partial charge in [0.25, 0.3) is 8.32 Å². The van der Waals surface area contributed by atoms with Gasteiger partial charge in [0, 0.05) is 42.8 Å². The number of halogens is 5. The standard InChI is InChI=1S/C34H38Cl2F3NO5SSi/c1-33(2,3)47(26-10-6-4-7-11-26,27-12-8-5-9-13-27)45-24-16-14-23(15-17-24)28-18-19-40(32(28)41)22-29-30(35)20-25(21-31(29)36)44-46(42,43)34(37,38)39/h4-13,20-21,23-24,28H,14-19,22H2,1-3H3. The second kappa shape index (κ2) is 13.7. The Kier molecular flexibility index (Phi) is 10.4. The van der Waals surface area contributed by atoms with Crippen molar-refractivity contribution in [2.24, 2.45) is 11.8 Å². The van der Waals surface area contributed by atoms with Crippen LogP contribution in [0.2, 0.25) is 15.1 Å². The fraction of sp³-hybridized carbons (Fsp3) is 0.441. The molecule has 1 unspecified atom stereocenters. The van der Waals surface area contributed by atoms with Crippen molar-refractivity contribution in [2.75, 3.05) is 6.54 Å². The molecule has 254 valence electrons. The molecule has 1 saturated carbocycles. The van der Waals surface area contributed by atoms with Crippen LogP contribution in [0.3, 0.4) is 0 Å². The Labute approximate surface area is 285 Å². The van der Waals surface area contributed by atoms with Gasteiger partial charge in [0.15, 0.2) is 0 Å². The Morgan fingerprint density at radius 1 is 0.851 bits per heavy atom. The molecule has 6 nitrogen and oxygen atoms in total. The molecule has 5 rings (SSSR count). The Morgan fingerprint density at radius 2 is 1.36 bits per heavy atom. The van der Waals surface area contributed by atoms with E-state index < -0.39 is 29.7 Å². The molecule has 47 heavy (non-hydrogen) atoms. The summed E-state index contributed by atoms with van der Waals surface area (Å²) in [4.78, 5) is 15.2. The number of benzene rings is 3. The average molecular weight is 729 g/mol. The maximum atomic E-state index is 13.6. The van der Waals surface area contributed by atoms with Gasteiger partial charge in [-0.3, -0.25) is 4.79 Å². The van der Waals surface area contributed by atoms with E-state index in [1.54, 1.807) is 4.90 Å². The Morgan fingerprint density at radius 3 is 1.83 bits per heavy atom. The number of carbonyl (C=O) groups excluding carboxylic acids is 1. The molecular formula is C34H38Cl2F3NO5SSi. The average Bonchev–Trinajstić information content (AvgIpc) is 3.37. The van der Waals surface area contributed by atoms with Crippen LogP contribution in [0.4, 0.5) is 13.2 Å². The smallest absolute Gasteiger partial charge is 0.404 e. The molecule has 0 bridgehead atoms. The Hall–Kier alpha value is -2.57. The minimum atomic E-state index is -5.89. The van der Waals surface area contributed by atoms with Gasteiger partial charge >= 0.3 is 15.6 Å².